The molecular formula is C20H28O3. The number of hydrogen-bond acceptors (Lipinski definition) is 3. The fraction of sp³-hybridized carbons (Fsp3) is 0.700. The van der Waals surface area contributed by atoms with Crippen LogP contribution in [-0.2, 0) is 4.74 Å². The maximum Gasteiger partial charge on any atom is 0.192 e. The third kappa shape index (κ3) is 1.82. The van der Waals surface area contributed by atoms with E-state index in [9.17, 15) is 10.2 Å². The second-order valence-corrected chi connectivity index (χ2v) is 8.66. The SMILES string of the molecule is CC(C)C1=C2[C@H]3C[C@H]4O[C@](O)(C=C4CO)[C@]3(C)CC[C@@]2(C)C=C1. The van der Waals surface area contributed by atoms with Gasteiger partial charge in [-0.05, 0) is 48.3 Å². The van der Waals surface area contributed by atoms with E-state index in [-0.39, 0.29) is 23.5 Å². The van der Waals surface area contributed by atoms with Crippen LogP contribution in [-0.4, -0.2) is 28.7 Å². The molecule has 0 aromatic carbocycles. The van der Waals surface area contributed by atoms with Gasteiger partial charge in [0.15, 0.2) is 5.79 Å². The summed E-state index contributed by atoms with van der Waals surface area (Å²) in [7, 11) is 0. The predicted molar refractivity (Wildman–Crippen MR) is 89.6 cm³/mol. The van der Waals surface area contributed by atoms with E-state index in [0.29, 0.717) is 11.8 Å². The van der Waals surface area contributed by atoms with Crippen molar-refractivity contribution in [1.29, 1.82) is 0 Å². The van der Waals surface area contributed by atoms with E-state index in [1.54, 1.807) is 6.08 Å². The van der Waals surface area contributed by atoms with Crippen molar-refractivity contribution < 1.29 is 14.9 Å². The highest BCUT2D eigenvalue weighted by molar-refractivity contribution is 5.47. The lowest BCUT2D eigenvalue weighted by atomic mass is 9.52. The van der Waals surface area contributed by atoms with Crippen LogP contribution in [0.25, 0.3) is 0 Å². The molecule has 5 atom stereocenters. The average Bonchev–Trinajstić information content (AvgIpc) is 2.98. The Balaban J connectivity index is 1.86. The number of aliphatic hydroxyl groups excluding tert-OH is 1. The molecule has 2 aliphatic carbocycles. The maximum atomic E-state index is 11.3. The Kier molecular flexibility index (Phi) is 3.12. The van der Waals surface area contributed by atoms with Gasteiger partial charge in [0.1, 0.15) is 0 Å². The van der Waals surface area contributed by atoms with Gasteiger partial charge in [-0.3, -0.25) is 0 Å². The van der Waals surface area contributed by atoms with E-state index < -0.39 is 5.79 Å². The summed E-state index contributed by atoms with van der Waals surface area (Å²) in [5.41, 5.74) is 3.61. The van der Waals surface area contributed by atoms with Gasteiger partial charge in [0.25, 0.3) is 0 Å². The van der Waals surface area contributed by atoms with Crippen molar-refractivity contribution >= 4 is 0 Å². The van der Waals surface area contributed by atoms with E-state index in [2.05, 4.69) is 39.8 Å². The van der Waals surface area contributed by atoms with Gasteiger partial charge in [-0.25, -0.2) is 0 Å². The van der Waals surface area contributed by atoms with Crippen molar-refractivity contribution in [2.45, 2.75) is 58.8 Å². The summed E-state index contributed by atoms with van der Waals surface area (Å²) in [6.07, 6.45) is 9.19. The van der Waals surface area contributed by atoms with Crippen molar-refractivity contribution in [2.75, 3.05) is 6.61 Å². The molecule has 23 heavy (non-hydrogen) atoms. The van der Waals surface area contributed by atoms with E-state index in [1.807, 2.05) is 0 Å². The fourth-order valence-electron chi connectivity index (χ4n) is 5.45. The Labute approximate surface area is 138 Å². The van der Waals surface area contributed by atoms with Crippen molar-refractivity contribution in [1.82, 2.24) is 0 Å². The molecule has 0 spiro atoms. The number of hydrogen-bond donors (Lipinski definition) is 2. The third-order valence-corrected chi connectivity index (χ3v) is 7.03. The third-order valence-electron chi connectivity index (χ3n) is 7.03. The minimum absolute atomic E-state index is 0.0264. The number of allylic oxidation sites excluding steroid dienone is 4. The summed E-state index contributed by atoms with van der Waals surface area (Å²) in [6.45, 7) is 9.00. The highest BCUT2D eigenvalue weighted by Crippen LogP contribution is 2.66. The van der Waals surface area contributed by atoms with Crippen molar-refractivity contribution in [3.8, 4) is 0 Å². The molecule has 0 aromatic heterocycles. The Morgan fingerprint density at radius 2 is 2.04 bits per heavy atom. The van der Waals surface area contributed by atoms with Crippen LogP contribution in [0.15, 0.2) is 34.9 Å². The molecule has 2 N–H and O–H groups in total. The van der Waals surface area contributed by atoms with Gasteiger partial charge in [-0.1, -0.05) is 45.4 Å². The highest BCUT2D eigenvalue weighted by atomic mass is 16.6. The van der Waals surface area contributed by atoms with Crippen LogP contribution >= 0.6 is 0 Å². The van der Waals surface area contributed by atoms with Gasteiger partial charge >= 0.3 is 0 Å². The summed E-state index contributed by atoms with van der Waals surface area (Å²) in [4.78, 5) is 0. The largest absolute Gasteiger partial charge is 0.392 e. The molecule has 2 bridgehead atoms. The Hall–Kier alpha value is -0.900. The number of ether oxygens (including phenoxy) is 1. The minimum Gasteiger partial charge on any atom is -0.392 e. The topological polar surface area (TPSA) is 49.7 Å². The van der Waals surface area contributed by atoms with Gasteiger partial charge < -0.3 is 14.9 Å². The van der Waals surface area contributed by atoms with Gasteiger partial charge in [0.2, 0.25) is 0 Å². The zero-order valence-corrected chi connectivity index (χ0v) is 14.6. The van der Waals surface area contributed by atoms with E-state index in [1.165, 1.54) is 11.1 Å². The zero-order valence-electron chi connectivity index (χ0n) is 14.6. The quantitative estimate of drug-likeness (QED) is 0.768. The lowest BCUT2D eigenvalue weighted by Crippen LogP contribution is -2.58. The second kappa shape index (κ2) is 4.59. The first-order valence-corrected chi connectivity index (χ1v) is 8.90. The lowest BCUT2D eigenvalue weighted by Gasteiger charge is -2.57. The number of aliphatic hydroxyl groups is 2. The molecule has 0 amide bonds. The standard InChI is InChI=1S/C20H28O3/c1-12(2)14-5-6-18(3)7-8-19(4)15(17(14)18)9-16-13(11-21)10-20(19,22)23-16/h5-6,10,12,15-16,21-22H,7-9,11H2,1-4H3/t15-,16-,18-,19-,20-/m1/s1. The smallest absolute Gasteiger partial charge is 0.192 e. The monoisotopic (exact) mass is 316 g/mol. The van der Waals surface area contributed by atoms with Crippen molar-refractivity contribution in [3.63, 3.8) is 0 Å². The summed E-state index contributed by atoms with van der Waals surface area (Å²) < 4.78 is 6.00. The first-order chi connectivity index (χ1) is 10.7. The summed E-state index contributed by atoms with van der Waals surface area (Å²) in [5, 5.41) is 20.9. The molecule has 2 aliphatic heterocycles. The van der Waals surface area contributed by atoms with Crippen LogP contribution in [0.1, 0.15) is 47.0 Å². The van der Waals surface area contributed by atoms with Crippen molar-refractivity contribution in [3.05, 3.63) is 34.9 Å². The van der Waals surface area contributed by atoms with Crippen LogP contribution < -0.4 is 0 Å². The number of fused-ring (bicyclic) bond motifs is 6. The van der Waals surface area contributed by atoms with Crippen LogP contribution in [0.4, 0.5) is 0 Å². The number of rotatable bonds is 2. The van der Waals surface area contributed by atoms with Crippen LogP contribution in [0.5, 0.6) is 0 Å². The van der Waals surface area contributed by atoms with Gasteiger partial charge in [0.05, 0.1) is 12.7 Å². The van der Waals surface area contributed by atoms with Gasteiger partial charge in [0, 0.05) is 10.8 Å². The Bertz CT molecular complexity index is 643. The molecule has 1 saturated carbocycles. The summed E-state index contributed by atoms with van der Waals surface area (Å²) in [6, 6.07) is 0. The molecule has 2 fully saturated rings. The minimum atomic E-state index is -1.24. The fourth-order valence-corrected chi connectivity index (χ4v) is 5.45. The van der Waals surface area contributed by atoms with Crippen LogP contribution in [0.3, 0.4) is 0 Å². The van der Waals surface area contributed by atoms with Gasteiger partial charge in [-0.15, -0.1) is 0 Å². The molecule has 4 aliphatic rings. The second-order valence-electron chi connectivity index (χ2n) is 8.66. The first-order valence-electron chi connectivity index (χ1n) is 8.90. The molecule has 1 saturated heterocycles. The van der Waals surface area contributed by atoms with Crippen LogP contribution in [0, 0.1) is 22.7 Å². The van der Waals surface area contributed by atoms with E-state index >= 15 is 0 Å². The van der Waals surface area contributed by atoms with E-state index in [4.69, 9.17) is 4.74 Å². The Morgan fingerprint density at radius 1 is 1.30 bits per heavy atom. The molecule has 3 heteroatoms. The predicted octanol–water partition coefficient (Wildman–Crippen LogP) is 3.34. The first kappa shape index (κ1) is 15.6. The van der Waals surface area contributed by atoms with E-state index in [0.717, 1.165) is 24.8 Å². The molecular weight excluding hydrogens is 288 g/mol. The molecule has 0 aromatic rings. The van der Waals surface area contributed by atoms with Crippen LogP contribution in [0.2, 0.25) is 0 Å². The summed E-state index contributed by atoms with van der Waals surface area (Å²) in [5.74, 6) is -0.443. The zero-order chi connectivity index (χ0) is 16.6. The molecule has 0 radical (unpaired) electrons. The average molecular weight is 316 g/mol. The lowest BCUT2D eigenvalue weighted by molar-refractivity contribution is -0.287. The normalized spacial score (nSPS) is 47.9. The highest BCUT2D eigenvalue weighted by Gasteiger charge is 2.64. The van der Waals surface area contributed by atoms with Gasteiger partial charge in [-0.2, -0.15) is 0 Å². The summed E-state index contributed by atoms with van der Waals surface area (Å²) >= 11 is 0. The molecule has 3 nitrogen and oxygen atoms in total. The molecule has 126 valence electrons. The molecule has 0 unspecified atom stereocenters. The molecule has 2 heterocycles. The maximum absolute atomic E-state index is 11.3. The Morgan fingerprint density at radius 3 is 2.70 bits per heavy atom. The molecule has 4 rings (SSSR count). The van der Waals surface area contributed by atoms with Crippen molar-refractivity contribution in [2.24, 2.45) is 22.7 Å².